The van der Waals surface area contributed by atoms with Gasteiger partial charge < -0.3 is 0 Å². The van der Waals surface area contributed by atoms with Gasteiger partial charge in [0.25, 0.3) is 10.0 Å². The molecule has 0 saturated carbocycles. The zero-order valence-electron chi connectivity index (χ0n) is 11.0. The van der Waals surface area contributed by atoms with Gasteiger partial charge in [0.1, 0.15) is 0 Å². The molecule has 100 valence electrons. The minimum Gasteiger partial charge on any atom is -0.248 e. The molecule has 1 aromatic carbocycles. The van der Waals surface area contributed by atoms with E-state index in [1.807, 2.05) is 19.1 Å². The van der Waals surface area contributed by atoms with E-state index in [9.17, 15) is 8.42 Å². The molecule has 3 nitrogen and oxygen atoms in total. The number of nitrogens with zero attached hydrogens (tertiary/aromatic N) is 1. The molecule has 0 unspecified atom stereocenters. The molecule has 1 heterocycles. The van der Waals surface area contributed by atoms with Gasteiger partial charge in [-0.2, -0.15) is 0 Å². The highest BCUT2D eigenvalue weighted by molar-refractivity contribution is 7.90. The third-order valence-corrected chi connectivity index (χ3v) is 5.35. The van der Waals surface area contributed by atoms with Crippen molar-refractivity contribution in [2.45, 2.75) is 37.5 Å². The SMILES string of the molecule is Cc1ccc(S(=O)(=O)n2cc3c(c2)CCCC3)cc1. The molecule has 0 atom stereocenters. The van der Waals surface area contributed by atoms with Gasteiger partial charge in [0.05, 0.1) is 4.90 Å². The van der Waals surface area contributed by atoms with Crippen molar-refractivity contribution in [3.63, 3.8) is 0 Å². The lowest BCUT2D eigenvalue weighted by atomic mass is 9.96. The predicted octanol–water partition coefficient (Wildman–Crippen LogP) is 2.91. The Morgan fingerprint density at radius 3 is 2.00 bits per heavy atom. The fraction of sp³-hybridized carbons (Fsp3) is 0.333. The van der Waals surface area contributed by atoms with Gasteiger partial charge in [-0.25, -0.2) is 12.4 Å². The molecule has 1 aliphatic carbocycles. The number of benzene rings is 1. The van der Waals surface area contributed by atoms with E-state index in [0.717, 1.165) is 31.2 Å². The van der Waals surface area contributed by atoms with Crippen molar-refractivity contribution in [3.8, 4) is 0 Å². The van der Waals surface area contributed by atoms with Gasteiger partial charge in [-0.1, -0.05) is 17.7 Å². The Morgan fingerprint density at radius 1 is 0.947 bits per heavy atom. The molecule has 19 heavy (non-hydrogen) atoms. The van der Waals surface area contributed by atoms with Gasteiger partial charge >= 0.3 is 0 Å². The zero-order valence-corrected chi connectivity index (χ0v) is 11.8. The first-order chi connectivity index (χ1) is 9.07. The molecule has 0 amide bonds. The Hall–Kier alpha value is -1.55. The Bertz CT molecular complexity index is 673. The quantitative estimate of drug-likeness (QED) is 0.845. The molecule has 0 fully saturated rings. The molecule has 1 aromatic heterocycles. The number of aryl methyl sites for hydroxylation is 3. The molecule has 2 aromatic rings. The molecule has 0 radical (unpaired) electrons. The highest BCUT2D eigenvalue weighted by Crippen LogP contribution is 2.24. The van der Waals surface area contributed by atoms with E-state index in [-0.39, 0.29) is 0 Å². The molecule has 1 aliphatic rings. The monoisotopic (exact) mass is 275 g/mol. The predicted molar refractivity (Wildman–Crippen MR) is 74.8 cm³/mol. The van der Waals surface area contributed by atoms with Crippen molar-refractivity contribution in [2.24, 2.45) is 0 Å². The summed E-state index contributed by atoms with van der Waals surface area (Å²) in [5.74, 6) is 0. The molecule has 0 aliphatic heterocycles. The van der Waals surface area contributed by atoms with Crippen molar-refractivity contribution in [3.05, 3.63) is 53.3 Å². The van der Waals surface area contributed by atoms with Crippen LogP contribution >= 0.6 is 0 Å². The average molecular weight is 275 g/mol. The lowest BCUT2D eigenvalue weighted by Crippen LogP contribution is -2.10. The van der Waals surface area contributed by atoms with E-state index < -0.39 is 10.0 Å². The summed E-state index contributed by atoms with van der Waals surface area (Å²) in [4.78, 5) is 0.352. The molecular weight excluding hydrogens is 258 g/mol. The summed E-state index contributed by atoms with van der Waals surface area (Å²) in [5, 5.41) is 0. The van der Waals surface area contributed by atoms with Crippen molar-refractivity contribution >= 4 is 10.0 Å². The van der Waals surface area contributed by atoms with Crippen LogP contribution in [0, 0.1) is 6.92 Å². The molecule has 0 saturated heterocycles. The van der Waals surface area contributed by atoms with E-state index in [2.05, 4.69) is 0 Å². The molecular formula is C15H17NO2S. The maximum absolute atomic E-state index is 12.5. The molecule has 4 heteroatoms. The van der Waals surface area contributed by atoms with Gasteiger partial charge in [-0.05, 0) is 55.9 Å². The first kappa shape index (κ1) is 12.5. The minimum atomic E-state index is -3.43. The van der Waals surface area contributed by atoms with Crippen molar-refractivity contribution in [2.75, 3.05) is 0 Å². The maximum atomic E-state index is 12.5. The third kappa shape index (κ3) is 2.21. The van der Waals surface area contributed by atoms with Crippen molar-refractivity contribution in [1.82, 2.24) is 3.97 Å². The summed E-state index contributed by atoms with van der Waals surface area (Å²) >= 11 is 0. The lowest BCUT2D eigenvalue weighted by Gasteiger charge is -2.08. The smallest absolute Gasteiger partial charge is 0.248 e. The second-order valence-electron chi connectivity index (χ2n) is 5.16. The first-order valence-electron chi connectivity index (χ1n) is 6.59. The van der Waals surface area contributed by atoms with Gasteiger partial charge in [-0.3, -0.25) is 0 Å². The lowest BCUT2D eigenvalue weighted by molar-refractivity contribution is 0.587. The number of hydrogen-bond donors (Lipinski definition) is 0. The summed E-state index contributed by atoms with van der Waals surface area (Å²) in [6.07, 6.45) is 7.86. The largest absolute Gasteiger partial charge is 0.267 e. The van der Waals surface area contributed by atoms with Crippen molar-refractivity contribution in [1.29, 1.82) is 0 Å². The number of aromatic nitrogens is 1. The normalized spacial score (nSPS) is 15.2. The van der Waals surface area contributed by atoms with Gasteiger partial charge in [0.2, 0.25) is 0 Å². The average Bonchev–Trinajstić information content (AvgIpc) is 2.83. The number of fused-ring (bicyclic) bond motifs is 1. The van der Waals surface area contributed by atoms with Crippen LogP contribution in [0.2, 0.25) is 0 Å². The van der Waals surface area contributed by atoms with Crippen LogP contribution in [0.15, 0.2) is 41.6 Å². The second kappa shape index (κ2) is 4.53. The van der Waals surface area contributed by atoms with E-state index in [1.54, 1.807) is 24.5 Å². The number of rotatable bonds is 2. The fourth-order valence-electron chi connectivity index (χ4n) is 2.56. The van der Waals surface area contributed by atoms with E-state index in [4.69, 9.17) is 0 Å². The number of hydrogen-bond acceptors (Lipinski definition) is 2. The molecule has 0 bridgehead atoms. The Balaban J connectivity index is 2.04. The third-order valence-electron chi connectivity index (χ3n) is 3.72. The molecule has 0 spiro atoms. The van der Waals surface area contributed by atoms with E-state index in [0.29, 0.717) is 4.90 Å². The van der Waals surface area contributed by atoms with E-state index >= 15 is 0 Å². The standard InChI is InChI=1S/C15H17NO2S/c1-12-6-8-15(9-7-12)19(17,18)16-10-13-4-2-3-5-14(13)11-16/h6-11H,2-5H2,1H3. The fourth-order valence-corrected chi connectivity index (χ4v) is 3.82. The Labute approximate surface area is 113 Å². The summed E-state index contributed by atoms with van der Waals surface area (Å²) in [6.45, 7) is 1.95. The van der Waals surface area contributed by atoms with Gasteiger partial charge in [0, 0.05) is 12.4 Å². The van der Waals surface area contributed by atoms with Crippen LogP contribution in [-0.4, -0.2) is 12.4 Å². The summed E-state index contributed by atoms with van der Waals surface area (Å²) in [6, 6.07) is 7.00. The summed E-state index contributed by atoms with van der Waals surface area (Å²) in [5.41, 5.74) is 3.43. The van der Waals surface area contributed by atoms with Crippen LogP contribution in [0.25, 0.3) is 0 Å². The highest BCUT2D eigenvalue weighted by Gasteiger charge is 2.20. The minimum absolute atomic E-state index is 0.352. The summed E-state index contributed by atoms with van der Waals surface area (Å²) in [7, 11) is -3.43. The van der Waals surface area contributed by atoms with Gasteiger partial charge in [0.15, 0.2) is 0 Å². The van der Waals surface area contributed by atoms with Crippen LogP contribution in [0.3, 0.4) is 0 Å². The van der Waals surface area contributed by atoms with Crippen LogP contribution < -0.4 is 0 Å². The first-order valence-corrected chi connectivity index (χ1v) is 8.03. The summed E-state index contributed by atoms with van der Waals surface area (Å²) < 4.78 is 26.4. The van der Waals surface area contributed by atoms with Crippen LogP contribution in [0.1, 0.15) is 29.5 Å². The highest BCUT2D eigenvalue weighted by atomic mass is 32.2. The zero-order chi connectivity index (χ0) is 13.5. The topological polar surface area (TPSA) is 39.1 Å². The second-order valence-corrected chi connectivity index (χ2v) is 7.01. The van der Waals surface area contributed by atoms with Crippen LogP contribution in [0.4, 0.5) is 0 Å². The Morgan fingerprint density at radius 2 is 1.47 bits per heavy atom. The van der Waals surface area contributed by atoms with E-state index in [1.165, 1.54) is 15.1 Å². The maximum Gasteiger partial charge on any atom is 0.267 e. The molecule has 3 rings (SSSR count). The van der Waals surface area contributed by atoms with Crippen molar-refractivity contribution < 1.29 is 8.42 Å². The van der Waals surface area contributed by atoms with Crippen LogP contribution in [0.5, 0.6) is 0 Å². The Kier molecular flexibility index (Phi) is 2.97. The van der Waals surface area contributed by atoms with Crippen LogP contribution in [-0.2, 0) is 22.9 Å². The van der Waals surface area contributed by atoms with Gasteiger partial charge in [-0.15, -0.1) is 0 Å². The molecule has 0 N–H and O–H groups in total.